The number of nitrogens with zero attached hydrogens (tertiary/aromatic N) is 2. The number of carbonyl (C=O) groups excluding carboxylic acids is 1. The average molecular weight is 287 g/mol. The summed E-state index contributed by atoms with van der Waals surface area (Å²) in [6.45, 7) is 3.50. The highest BCUT2D eigenvalue weighted by molar-refractivity contribution is 5.99. The van der Waals surface area contributed by atoms with Gasteiger partial charge in [-0.2, -0.15) is 0 Å². The van der Waals surface area contributed by atoms with Crippen molar-refractivity contribution in [3.8, 4) is 0 Å². The first kappa shape index (κ1) is 15.1. The highest BCUT2D eigenvalue weighted by atomic mass is 16.1. The number of unbranched alkanes of at least 4 members (excludes halogenated alkanes) is 1. The molecule has 0 spiro atoms. The third-order valence-electron chi connectivity index (χ3n) is 3.26. The molecule has 2 rings (SSSR count). The molecule has 0 atom stereocenters. The molecule has 0 aliphatic carbocycles. The number of anilines is 1. The molecule has 0 fully saturated rings. The lowest BCUT2D eigenvalue weighted by molar-refractivity contribution is 0.0953. The van der Waals surface area contributed by atoms with Gasteiger partial charge in [0.2, 0.25) is 0 Å². The summed E-state index contributed by atoms with van der Waals surface area (Å²) in [5.74, 6) is 5.33. The molecule has 1 heterocycles. The van der Waals surface area contributed by atoms with Crippen LogP contribution in [-0.4, -0.2) is 22.0 Å². The first-order chi connectivity index (χ1) is 10.2. The third-order valence-corrected chi connectivity index (χ3v) is 3.26. The Hall–Kier alpha value is -2.34. The first-order valence-corrected chi connectivity index (χ1v) is 7.02. The van der Waals surface area contributed by atoms with E-state index in [9.17, 15) is 4.79 Å². The van der Waals surface area contributed by atoms with Gasteiger partial charge in [0, 0.05) is 25.5 Å². The van der Waals surface area contributed by atoms with Crippen molar-refractivity contribution in [1.29, 1.82) is 0 Å². The summed E-state index contributed by atoms with van der Waals surface area (Å²) in [5, 5.41) is 2.92. The molecule has 0 radical (unpaired) electrons. The van der Waals surface area contributed by atoms with Crippen molar-refractivity contribution in [2.45, 2.75) is 26.3 Å². The van der Waals surface area contributed by atoms with Gasteiger partial charge < -0.3 is 15.3 Å². The van der Waals surface area contributed by atoms with Crippen LogP contribution in [0.15, 0.2) is 36.9 Å². The van der Waals surface area contributed by atoms with Crippen molar-refractivity contribution >= 4 is 11.6 Å². The molecule has 21 heavy (non-hydrogen) atoms. The van der Waals surface area contributed by atoms with Gasteiger partial charge in [0.15, 0.2) is 0 Å². The van der Waals surface area contributed by atoms with Gasteiger partial charge in [-0.25, -0.2) is 4.98 Å². The summed E-state index contributed by atoms with van der Waals surface area (Å²) in [6.07, 6.45) is 7.41. The van der Waals surface area contributed by atoms with Crippen LogP contribution in [0.2, 0.25) is 0 Å². The van der Waals surface area contributed by atoms with Gasteiger partial charge >= 0.3 is 0 Å². The number of hydrazine groups is 1. The van der Waals surface area contributed by atoms with Gasteiger partial charge in [-0.15, -0.1) is 0 Å². The Balaban J connectivity index is 1.78. The molecule has 2 aromatic rings. The third kappa shape index (κ3) is 4.32. The Bertz CT molecular complexity index is 580. The molecule has 0 saturated carbocycles. The van der Waals surface area contributed by atoms with Crippen molar-refractivity contribution in [2.75, 3.05) is 12.0 Å². The molecule has 1 aromatic carbocycles. The quantitative estimate of drug-likeness (QED) is 0.411. The lowest BCUT2D eigenvalue weighted by Gasteiger charge is -2.10. The molecule has 4 N–H and O–H groups in total. The molecular weight excluding hydrogens is 266 g/mol. The van der Waals surface area contributed by atoms with E-state index in [0.717, 1.165) is 24.9 Å². The molecule has 112 valence electrons. The van der Waals surface area contributed by atoms with E-state index in [1.807, 2.05) is 35.9 Å². The topological polar surface area (TPSA) is 85.0 Å². The Morgan fingerprint density at radius 2 is 2.24 bits per heavy atom. The van der Waals surface area contributed by atoms with Crippen LogP contribution in [0.25, 0.3) is 0 Å². The normalized spacial score (nSPS) is 10.4. The summed E-state index contributed by atoms with van der Waals surface area (Å²) >= 11 is 0. The predicted molar refractivity (Wildman–Crippen MR) is 82.8 cm³/mol. The van der Waals surface area contributed by atoms with E-state index in [2.05, 4.69) is 15.7 Å². The van der Waals surface area contributed by atoms with Crippen molar-refractivity contribution < 1.29 is 4.79 Å². The number of nitrogen functional groups attached to an aromatic ring is 1. The number of aryl methyl sites for hydroxylation is 2. The van der Waals surface area contributed by atoms with E-state index in [-0.39, 0.29) is 5.91 Å². The van der Waals surface area contributed by atoms with Crippen molar-refractivity contribution in [1.82, 2.24) is 14.9 Å². The van der Waals surface area contributed by atoms with Gasteiger partial charge in [0.25, 0.3) is 5.91 Å². The molecule has 6 heteroatoms. The standard InChI is InChI=1S/C15H21N5O/c1-12-4-5-14(19-16)13(10-12)15(21)18-6-2-3-8-20-9-7-17-11-20/h4-5,7,9-11,19H,2-3,6,8,16H2,1H3,(H,18,21). The minimum Gasteiger partial charge on any atom is -0.352 e. The number of imidazole rings is 1. The first-order valence-electron chi connectivity index (χ1n) is 7.02. The van der Waals surface area contributed by atoms with Crippen molar-refractivity contribution in [3.63, 3.8) is 0 Å². The number of rotatable bonds is 7. The van der Waals surface area contributed by atoms with Crippen LogP contribution in [0.4, 0.5) is 5.69 Å². The molecule has 0 saturated heterocycles. The van der Waals surface area contributed by atoms with Crippen LogP contribution in [-0.2, 0) is 6.54 Å². The Labute approximate surface area is 124 Å². The number of hydrogen-bond acceptors (Lipinski definition) is 4. The number of benzene rings is 1. The summed E-state index contributed by atoms with van der Waals surface area (Å²) in [5.41, 5.74) is 4.79. The molecule has 1 amide bonds. The van der Waals surface area contributed by atoms with E-state index in [1.165, 1.54) is 0 Å². The second kappa shape index (κ2) is 7.44. The smallest absolute Gasteiger partial charge is 0.253 e. The van der Waals surface area contributed by atoms with Gasteiger partial charge in [-0.3, -0.25) is 10.6 Å². The van der Waals surface area contributed by atoms with Gasteiger partial charge in [0.05, 0.1) is 17.6 Å². The minimum absolute atomic E-state index is 0.103. The Morgan fingerprint density at radius 3 is 2.95 bits per heavy atom. The van der Waals surface area contributed by atoms with Crippen molar-refractivity contribution in [2.24, 2.45) is 5.84 Å². The second-order valence-electron chi connectivity index (χ2n) is 4.96. The summed E-state index contributed by atoms with van der Waals surface area (Å²) in [4.78, 5) is 16.1. The fourth-order valence-electron chi connectivity index (χ4n) is 2.11. The Kier molecular flexibility index (Phi) is 5.34. The molecular formula is C15H21N5O. The van der Waals surface area contributed by atoms with Crippen molar-refractivity contribution in [3.05, 3.63) is 48.0 Å². The zero-order valence-electron chi connectivity index (χ0n) is 12.2. The fourth-order valence-corrected chi connectivity index (χ4v) is 2.11. The molecule has 1 aromatic heterocycles. The lowest BCUT2D eigenvalue weighted by Crippen LogP contribution is -2.26. The van der Waals surface area contributed by atoms with Crippen LogP contribution in [0, 0.1) is 6.92 Å². The highest BCUT2D eigenvalue weighted by Gasteiger charge is 2.10. The molecule has 0 aliphatic rings. The summed E-state index contributed by atoms with van der Waals surface area (Å²) < 4.78 is 2.03. The average Bonchev–Trinajstić information content (AvgIpc) is 3.00. The van der Waals surface area contributed by atoms with Gasteiger partial charge in [-0.1, -0.05) is 11.6 Å². The van der Waals surface area contributed by atoms with E-state index in [1.54, 1.807) is 12.5 Å². The van der Waals surface area contributed by atoms with Crippen LogP contribution in [0.5, 0.6) is 0 Å². The highest BCUT2D eigenvalue weighted by Crippen LogP contribution is 2.16. The largest absolute Gasteiger partial charge is 0.352 e. The number of aromatic nitrogens is 2. The lowest BCUT2D eigenvalue weighted by atomic mass is 10.1. The maximum absolute atomic E-state index is 12.1. The summed E-state index contributed by atoms with van der Waals surface area (Å²) in [7, 11) is 0. The van der Waals surface area contributed by atoms with E-state index in [4.69, 9.17) is 5.84 Å². The minimum atomic E-state index is -0.103. The number of nitrogens with one attached hydrogen (secondary N) is 2. The maximum Gasteiger partial charge on any atom is 0.253 e. The number of carbonyl (C=O) groups is 1. The maximum atomic E-state index is 12.1. The number of amides is 1. The zero-order valence-corrected chi connectivity index (χ0v) is 12.2. The van der Waals surface area contributed by atoms with E-state index < -0.39 is 0 Å². The van der Waals surface area contributed by atoms with E-state index in [0.29, 0.717) is 17.8 Å². The molecule has 6 nitrogen and oxygen atoms in total. The Morgan fingerprint density at radius 1 is 1.38 bits per heavy atom. The predicted octanol–water partition coefficient (Wildman–Crippen LogP) is 1.69. The SMILES string of the molecule is Cc1ccc(NN)c(C(=O)NCCCCn2ccnc2)c1. The number of nitrogens with two attached hydrogens (primary N) is 1. The van der Waals surface area contributed by atoms with Crippen LogP contribution < -0.4 is 16.6 Å². The van der Waals surface area contributed by atoms with Gasteiger partial charge in [-0.05, 0) is 31.9 Å². The fraction of sp³-hybridized carbons (Fsp3) is 0.333. The summed E-state index contributed by atoms with van der Waals surface area (Å²) in [6, 6.07) is 5.55. The van der Waals surface area contributed by atoms with Gasteiger partial charge in [0.1, 0.15) is 0 Å². The second-order valence-corrected chi connectivity index (χ2v) is 4.96. The molecule has 0 bridgehead atoms. The zero-order chi connectivity index (χ0) is 15.1. The van der Waals surface area contributed by atoms with Crippen LogP contribution >= 0.6 is 0 Å². The number of hydrogen-bond donors (Lipinski definition) is 3. The molecule has 0 aliphatic heterocycles. The van der Waals surface area contributed by atoms with E-state index >= 15 is 0 Å². The monoisotopic (exact) mass is 287 g/mol. The van der Waals surface area contributed by atoms with Crippen LogP contribution in [0.3, 0.4) is 0 Å². The van der Waals surface area contributed by atoms with Crippen LogP contribution in [0.1, 0.15) is 28.8 Å². The molecule has 0 unspecified atom stereocenters.